The van der Waals surface area contributed by atoms with Crippen molar-refractivity contribution >= 4 is 34.2 Å². The van der Waals surface area contributed by atoms with Crippen molar-refractivity contribution in [3.05, 3.63) is 107 Å². The van der Waals surface area contributed by atoms with Gasteiger partial charge in [-0.05, 0) is 40.5 Å². The molecular formula is C30H26N4O4S. The molecule has 0 aliphatic carbocycles. The predicted molar refractivity (Wildman–Crippen MR) is 148 cm³/mol. The highest BCUT2D eigenvalue weighted by Gasteiger charge is 2.38. The lowest BCUT2D eigenvalue weighted by atomic mass is 9.98. The molecule has 0 radical (unpaired) electrons. The fourth-order valence-corrected chi connectivity index (χ4v) is 5.59. The zero-order valence-electron chi connectivity index (χ0n) is 21.1. The van der Waals surface area contributed by atoms with E-state index in [0.717, 1.165) is 22.3 Å². The quantitative estimate of drug-likeness (QED) is 0.387. The summed E-state index contributed by atoms with van der Waals surface area (Å²) in [5, 5.41) is 5.13. The second-order valence-corrected chi connectivity index (χ2v) is 10.3. The third-order valence-electron chi connectivity index (χ3n) is 7.02. The summed E-state index contributed by atoms with van der Waals surface area (Å²) < 4.78 is 5.37. The molecule has 0 bridgehead atoms. The van der Waals surface area contributed by atoms with Crippen molar-refractivity contribution < 1.29 is 19.1 Å². The number of hydrogen-bond donors (Lipinski definition) is 1. The summed E-state index contributed by atoms with van der Waals surface area (Å²) in [6, 6.07) is 21.7. The number of amides is 3. The Morgan fingerprint density at radius 2 is 1.74 bits per heavy atom. The molecule has 0 spiro atoms. The van der Waals surface area contributed by atoms with E-state index >= 15 is 0 Å². The number of morpholine rings is 1. The van der Waals surface area contributed by atoms with E-state index in [9.17, 15) is 14.4 Å². The van der Waals surface area contributed by atoms with E-state index in [-0.39, 0.29) is 17.7 Å². The lowest BCUT2D eigenvalue weighted by Crippen LogP contribution is -2.40. The van der Waals surface area contributed by atoms with Crippen molar-refractivity contribution in [3.8, 4) is 11.1 Å². The summed E-state index contributed by atoms with van der Waals surface area (Å²) in [5.74, 6) is -0.553. The molecule has 3 aromatic carbocycles. The molecule has 3 heterocycles. The number of hydrogen-bond acceptors (Lipinski definition) is 6. The van der Waals surface area contributed by atoms with Gasteiger partial charge in [0, 0.05) is 42.3 Å². The van der Waals surface area contributed by atoms with Gasteiger partial charge in [-0.1, -0.05) is 54.6 Å². The Balaban J connectivity index is 1.28. The minimum absolute atomic E-state index is 0.0273. The molecule has 1 saturated heterocycles. The molecule has 39 heavy (non-hydrogen) atoms. The highest BCUT2D eigenvalue weighted by molar-refractivity contribution is 7.13. The van der Waals surface area contributed by atoms with Gasteiger partial charge in [-0.2, -0.15) is 0 Å². The molecule has 4 aromatic rings. The molecule has 3 amide bonds. The van der Waals surface area contributed by atoms with Gasteiger partial charge >= 0.3 is 0 Å². The molecule has 2 aliphatic rings. The van der Waals surface area contributed by atoms with E-state index in [4.69, 9.17) is 4.74 Å². The molecule has 0 unspecified atom stereocenters. The summed E-state index contributed by atoms with van der Waals surface area (Å²) >= 11 is 1.33. The van der Waals surface area contributed by atoms with Crippen LogP contribution in [0.5, 0.6) is 0 Å². The molecule has 8 nitrogen and oxygen atoms in total. The fourth-order valence-electron chi connectivity index (χ4n) is 5.06. The van der Waals surface area contributed by atoms with Crippen LogP contribution in [0.1, 0.15) is 37.9 Å². The lowest BCUT2D eigenvalue weighted by molar-refractivity contribution is -0.120. The first-order valence-corrected chi connectivity index (χ1v) is 13.6. The van der Waals surface area contributed by atoms with Gasteiger partial charge in [0.05, 0.1) is 13.2 Å². The first-order valence-electron chi connectivity index (χ1n) is 12.7. The van der Waals surface area contributed by atoms with Crippen molar-refractivity contribution in [3.63, 3.8) is 0 Å². The molecule has 1 N–H and O–H groups in total. The van der Waals surface area contributed by atoms with Gasteiger partial charge in [0.25, 0.3) is 17.7 Å². The van der Waals surface area contributed by atoms with Gasteiger partial charge in [-0.25, -0.2) is 4.98 Å². The van der Waals surface area contributed by atoms with Crippen molar-refractivity contribution in [2.75, 3.05) is 31.6 Å². The zero-order chi connectivity index (χ0) is 26.8. The molecule has 1 aromatic heterocycles. The number of carbonyl (C=O) groups excluding carboxylic acids is 3. The van der Waals surface area contributed by atoms with Crippen LogP contribution in [0.2, 0.25) is 0 Å². The van der Waals surface area contributed by atoms with Gasteiger partial charge < -0.3 is 14.5 Å². The van der Waals surface area contributed by atoms with Crippen LogP contribution in [-0.4, -0.2) is 58.8 Å². The monoisotopic (exact) mass is 538 g/mol. The molecule has 196 valence electrons. The number of fused-ring (bicyclic) bond motifs is 1. The van der Waals surface area contributed by atoms with Gasteiger partial charge in [0.15, 0.2) is 5.13 Å². The number of nitrogens with zero attached hydrogens (tertiary/aromatic N) is 3. The largest absolute Gasteiger partial charge is 0.378 e. The number of ether oxygens (including phenoxy) is 1. The summed E-state index contributed by atoms with van der Waals surface area (Å²) in [4.78, 5) is 47.8. The maximum absolute atomic E-state index is 13.7. The number of thiazole rings is 1. The topological polar surface area (TPSA) is 91.8 Å². The fraction of sp³-hybridized carbons (Fsp3) is 0.200. The molecular weight excluding hydrogens is 512 g/mol. The number of anilines is 1. The summed E-state index contributed by atoms with van der Waals surface area (Å²) in [5.41, 5.74) is 4.43. The van der Waals surface area contributed by atoms with E-state index in [0.29, 0.717) is 49.1 Å². The van der Waals surface area contributed by atoms with E-state index in [1.807, 2.05) is 72.8 Å². The van der Waals surface area contributed by atoms with E-state index < -0.39 is 6.04 Å². The van der Waals surface area contributed by atoms with Gasteiger partial charge in [0.1, 0.15) is 6.04 Å². The Hall–Kier alpha value is -4.34. The highest BCUT2D eigenvalue weighted by atomic mass is 32.1. The van der Waals surface area contributed by atoms with Crippen LogP contribution in [-0.2, 0) is 16.1 Å². The van der Waals surface area contributed by atoms with Crippen LogP contribution in [0.25, 0.3) is 11.1 Å². The first-order chi connectivity index (χ1) is 19.1. The first kappa shape index (κ1) is 25.0. The average Bonchev–Trinajstić information content (AvgIpc) is 3.61. The van der Waals surface area contributed by atoms with Gasteiger partial charge in [-0.3, -0.25) is 19.7 Å². The maximum atomic E-state index is 13.7. The minimum atomic E-state index is -0.812. The Morgan fingerprint density at radius 1 is 0.949 bits per heavy atom. The maximum Gasteiger partial charge on any atom is 0.255 e. The average molecular weight is 539 g/mol. The second-order valence-electron chi connectivity index (χ2n) is 9.43. The number of nitrogens with one attached hydrogen (secondary N) is 1. The van der Waals surface area contributed by atoms with E-state index in [1.165, 1.54) is 11.3 Å². The standard InChI is InChI=1S/C30H26N4O4S/c35-27(32-30-31-11-16-39-30)26(20-5-2-1-3-6-20)34-19-24-10-9-22(18-25(24)29(34)37)21-7-4-8-23(17-21)28(36)33-12-14-38-15-13-33/h1-11,16-18,26H,12-15,19H2,(H,31,32,35)/t26-/m1/s1. The third-order valence-corrected chi connectivity index (χ3v) is 7.71. The number of rotatable bonds is 6. The SMILES string of the molecule is O=C(Nc1nccs1)[C@@H](c1ccccc1)N1Cc2ccc(-c3cccc(C(=O)N4CCOCC4)c3)cc2C1=O. The molecule has 2 aliphatic heterocycles. The van der Waals surface area contributed by atoms with Crippen molar-refractivity contribution in [1.82, 2.24) is 14.8 Å². The highest BCUT2D eigenvalue weighted by Crippen LogP contribution is 2.35. The Labute approximate surface area is 229 Å². The van der Waals surface area contributed by atoms with Gasteiger partial charge in [-0.15, -0.1) is 11.3 Å². The molecule has 0 saturated carbocycles. The van der Waals surface area contributed by atoms with E-state index in [2.05, 4.69) is 10.3 Å². The number of benzene rings is 3. The summed E-state index contributed by atoms with van der Waals surface area (Å²) in [7, 11) is 0. The number of carbonyl (C=O) groups is 3. The van der Waals surface area contributed by atoms with Crippen LogP contribution in [0.4, 0.5) is 5.13 Å². The molecule has 1 atom stereocenters. The van der Waals surface area contributed by atoms with Crippen LogP contribution >= 0.6 is 11.3 Å². The second kappa shape index (κ2) is 10.8. The normalized spacial score (nSPS) is 15.6. The molecule has 1 fully saturated rings. The Kier molecular flexibility index (Phi) is 6.91. The number of aromatic nitrogens is 1. The Morgan fingerprint density at radius 3 is 2.51 bits per heavy atom. The van der Waals surface area contributed by atoms with E-state index in [1.54, 1.807) is 21.4 Å². The van der Waals surface area contributed by atoms with Crippen LogP contribution in [0.3, 0.4) is 0 Å². The van der Waals surface area contributed by atoms with Crippen molar-refractivity contribution in [2.45, 2.75) is 12.6 Å². The summed E-state index contributed by atoms with van der Waals surface area (Å²) in [6.07, 6.45) is 1.62. The molecule has 9 heteroatoms. The Bertz CT molecular complexity index is 1520. The van der Waals surface area contributed by atoms with Crippen molar-refractivity contribution in [2.24, 2.45) is 0 Å². The van der Waals surface area contributed by atoms with Gasteiger partial charge in [0.2, 0.25) is 0 Å². The lowest BCUT2D eigenvalue weighted by Gasteiger charge is -2.27. The summed E-state index contributed by atoms with van der Waals surface area (Å²) in [6.45, 7) is 2.55. The van der Waals surface area contributed by atoms with Crippen molar-refractivity contribution in [1.29, 1.82) is 0 Å². The zero-order valence-corrected chi connectivity index (χ0v) is 21.9. The smallest absolute Gasteiger partial charge is 0.255 e. The molecule has 6 rings (SSSR count). The third kappa shape index (κ3) is 5.06. The van der Waals surface area contributed by atoms with Crippen LogP contribution in [0, 0.1) is 0 Å². The predicted octanol–water partition coefficient (Wildman–Crippen LogP) is 4.62. The minimum Gasteiger partial charge on any atom is -0.378 e. The van der Waals surface area contributed by atoms with Crippen LogP contribution < -0.4 is 5.32 Å². The van der Waals surface area contributed by atoms with Crippen LogP contribution in [0.15, 0.2) is 84.4 Å².